The zero-order chi connectivity index (χ0) is 13.9. The van der Waals surface area contributed by atoms with Gasteiger partial charge in [0, 0.05) is 31.1 Å². The highest BCUT2D eigenvalue weighted by molar-refractivity contribution is 5.48. The molecule has 1 aromatic carbocycles. The van der Waals surface area contributed by atoms with E-state index in [0.29, 0.717) is 12.5 Å². The largest absolute Gasteiger partial charge is 0.356 e. The van der Waals surface area contributed by atoms with E-state index in [2.05, 4.69) is 34.1 Å². The molecule has 1 saturated heterocycles. The number of benzene rings is 1. The van der Waals surface area contributed by atoms with Crippen LogP contribution in [0.2, 0.25) is 0 Å². The highest BCUT2D eigenvalue weighted by Gasteiger charge is 2.26. The van der Waals surface area contributed by atoms with Gasteiger partial charge in [0.05, 0.1) is 6.20 Å². The van der Waals surface area contributed by atoms with Gasteiger partial charge in [-0.2, -0.15) is 0 Å². The quantitative estimate of drug-likeness (QED) is 0.933. The lowest BCUT2D eigenvalue weighted by Gasteiger charge is -2.20. The van der Waals surface area contributed by atoms with Crippen LogP contribution in [-0.4, -0.2) is 18.1 Å². The average Bonchev–Trinajstić information content (AvgIpc) is 2.97. The van der Waals surface area contributed by atoms with Gasteiger partial charge in [0.25, 0.3) is 0 Å². The SMILES string of the molecule is NCc1cc(F)cnc1N1CCC(c2ccccc2)C1. The Morgan fingerprint density at radius 2 is 2.10 bits per heavy atom. The predicted molar refractivity (Wildman–Crippen MR) is 78.1 cm³/mol. The Kier molecular flexibility index (Phi) is 3.65. The van der Waals surface area contributed by atoms with Gasteiger partial charge < -0.3 is 10.6 Å². The Balaban J connectivity index is 1.81. The van der Waals surface area contributed by atoms with Gasteiger partial charge in [-0.15, -0.1) is 0 Å². The topological polar surface area (TPSA) is 42.1 Å². The van der Waals surface area contributed by atoms with E-state index in [4.69, 9.17) is 5.73 Å². The number of pyridine rings is 1. The second kappa shape index (κ2) is 5.59. The van der Waals surface area contributed by atoms with E-state index in [0.717, 1.165) is 30.9 Å². The Morgan fingerprint density at radius 1 is 1.30 bits per heavy atom. The summed E-state index contributed by atoms with van der Waals surface area (Å²) in [6, 6.07) is 12.0. The van der Waals surface area contributed by atoms with Gasteiger partial charge in [-0.3, -0.25) is 0 Å². The van der Waals surface area contributed by atoms with Gasteiger partial charge in [0.1, 0.15) is 11.6 Å². The third-order valence-electron chi connectivity index (χ3n) is 3.89. The van der Waals surface area contributed by atoms with Crippen molar-refractivity contribution < 1.29 is 4.39 Å². The molecule has 1 unspecified atom stereocenters. The number of nitrogens with zero attached hydrogens (tertiary/aromatic N) is 2. The number of nitrogens with two attached hydrogens (primary N) is 1. The van der Waals surface area contributed by atoms with Crippen LogP contribution in [0.1, 0.15) is 23.5 Å². The summed E-state index contributed by atoms with van der Waals surface area (Å²) in [4.78, 5) is 6.44. The van der Waals surface area contributed by atoms with Crippen LogP contribution in [0.5, 0.6) is 0 Å². The third kappa shape index (κ3) is 2.51. The minimum absolute atomic E-state index is 0.312. The number of anilines is 1. The lowest BCUT2D eigenvalue weighted by atomic mass is 9.99. The first kappa shape index (κ1) is 13.1. The van der Waals surface area contributed by atoms with Crippen molar-refractivity contribution >= 4 is 5.82 Å². The summed E-state index contributed by atoms with van der Waals surface area (Å²) in [7, 11) is 0. The van der Waals surface area contributed by atoms with E-state index in [1.54, 1.807) is 0 Å². The molecule has 2 aromatic rings. The molecule has 1 aromatic heterocycles. The Morgan fingerprint density at radius 3 is 2.85 bits per heavy atom. The van der Waals surface area contributed by atoms with Crippen LogP contribution in [0.15, 0.2) is 42.6 Å². The average molecular weight is 271 g/mol. The van der Waals surface area contributed by atoms with Crippen molar-refractivity contribution in [1.82, 2.24) is 4.98 Å². The van der Waals surface area contributed by atoms with Crippen molar-refractivity contribution in [2.45, 2.75) is 18.9 Å². The summed E-state index contributed by atoms with van der Waals surface area (Å²) < 4.78 is 13.2. The molecule has 0 bridgehead atoms. The molecule has 3 rings (SSSR count). The van der Waals surface area contributed by atoms with Crippen molar-refractivity contribution in [3.63, 3.8) is 0 Å². The molecule has 1 atom stereocenters. The lowest BCUT2D eigenvalue weighted by Crippen LogP contribution is -2.23. The molecule has 0 radical (unpaired) electrons. The highest BCUT2D eigenvalue weighted by atomic mass is 19.1. The highest BCUT2D eigenvalue weighted by Crippen LogP contribution is 2.31. The number of hydrogen-bond donors (Lipinski definition) is 1. The molecule has 2 heterocycles. The summed E-state index contributed by atoms with van der Waals surface area (Å²) in [6.07, 6.45) is 2.36. The number of aromatic nitrogens is 1. The fourth-order valence-corrected chi connectivity index (χ4v) is 2.86. The van der Waals surface area contributed by atoms with Crippen LogP contribution >= 0.6 is 0 Å². The maximum Gasteiger partial charge on any atom is 0.141 e. The van der Waals surface area contributed by atoms with Gasteiger partial charge >= 0.3 is 0 Å². The second-order valence-electron chi connectivity index (χ2n) is 5.18. The van der Waals surface area contributed by atoms with Crippen LogP contribution in [-0.2, 0) is 6.54 Å². The molecular weight excluding hydrogens is 253 g/mol. The van der Waals surface area contributed by atoms with Crippen molar-refractivity contribution in [1.29, 1.82) is 0 Å². The van der Waals surface area contributed by atoms with Crippen molar-refractivity contribution in [3.05, 3.63) is 59.5 Å². The van der Waals surface area contributed by atoms with Gasteiger partial charge in [0.15, 0.2) is 0 Å². The molecule has 0 amide bonds. The summed E-state index contributed by atoms with van der Waals surface area (Å²) in [6.45, 7) is 2.16. The van der Waals surface area contributed by atoms with Crippen LogP contribution in [0.3, 0.4) is 0 Å². The van der Waals surface area contributed by atoms with E-state index < -0.39 is 0 Å². The van der Waals surface area contributed by atoms with E-state index in [9.17, 15) is 4.39 Å². The maximum absolute atomic E-state index is 13.2. The molecule has 0 spiro atoms. The fraction of sp³-hybridized carbons (Fsp3) is 0.312. The van der Waals surface area contributed by atoms with E-state index in [1.165, 1.54) is 17.8 Å². The predicted octanol–water partition coefficient (Wildman–Crippen LogP) is 2.67. The Hall–Kier alpha value is -1.94. The van der Waals surface area contributed by atoms with E-state index >= 15 is 0 Å². The molecule has 1 aliphatic rings. The summed E-state index contributed by atoms with van der Waals surface area (Å²) in [5, 5.41) is 0. The minimum Gasteiger partial charge on any atom is -0.356 e. The maximum atomic E-state index is 13.2. The summed E-state index contributed by atoms with van der Waals surface area (Å²) in [5.74, 6) is 1.01. The second-order valence-corrected chi connectivity index (χ2v) is 5.18. The van der Waals surface area contributed by atoms with Crippen molar-refractivity contribution in [2.24, 2.45) is 5.73 Å². The Labute approximate surface area is 118 Å². The summed E-state index contributed by atoms with van der Waals surface area (Å²) in [5.41, 5.74) is 7.83. The first-order valence-corrected chi connectivity index (χ1v) is 6.92. The molecule has 2 N–H and O–H groups in total. The van der Waals surface area contributed by atoms with Gasteiger partial charge in [-0.25, -0.2) is 9.37 Å². The number of hydrogen-bond acceptors (Lipinski definition) is 3. The molecule has 4 heteroatoms. The van der Waals surface area contributed by atoms with Gasteiger partial charge in [-0.1, -0.05) is 30.3 Å². The Bertz CT molecular complexity index is 586. The fourth-order valence-electron chi connectivity index (χ4n) is 2.86. The van der Waals surface area contributed by atoms with Crippen LogP contribution in [0.4, 0.5) is 10.2 Å². The molecule has 104 valence electrons. The number of rotatable bonds is 3. The third-order valence-corrected chi connectivity index (χ3v) is 3.89. The van der Waals surface area contributed by atoms with Crippen molar-refractivity contribution in [2.75, 3.05) is 18.0 Å². The standard InChI is InChI=1S/C16H18FN3/c17-15-8-14(9-18)16(19-10-15)20-7-6-13(11-20)12-4-2-1-3-5-12/h1-5,8,10,13H,6-7,9,11,18H2. The molecule has 0 saturated carbocycles. The van der Waals surface area contributed by atoms with E-state index in [1.807, 2.05) is 6.07 Å². The number of halogens is 1. The first-order chi connectivity index (χ1) is 9.78. The molecule has 3 nitrogen and oxygen atoms in total. The van der Waals surface area contributed by atoms with Gasteiger partial charge in [-0.05, 0) is 18.1 Å². The zero-order valence-electron chi connectivity index (χ0n) is 11.3. The zero-order valence-corrected chi connectivity index (χ0v) is 11.3. The monoisotopic (exact) mass is 271 g/mol. The molecule has 0 aliphatic carbocycles. The van der Waals surface area contributed by atoms with Crippen LogP contribution in [0.25, 0.3) is 0 Å². The lowest BCUT2D eigenvalue weighted by molar-refractivity contribution is 0.617. The van der Waals surface area contributed by atoms with Crippen LogP contribution in [0, 0.1) is 5.82 Å². The smallest absolute Gasteiger partial charge is 0.141 e. The normalized spacial score (nSPS) is 18.5. The van der Waals surface area contributed by atoms with E-state index in [-0.39, 0.29) is 5.82 Å². The summed E-state index contributed by atoms with van der Waals surface area (Å²) >= 11 is 0. The van der Waals surface area contributed by atoms with Gasteiger partial charge in [0.2, 0.25) is 0 Å². The first-order valence-electron chi connectivity index (χ1n) is 6.92. The van der Waals surface area contributed by atoms with Crippen LogP contribution < -0.4 is 10.6 Å². The molecular formula is C16H18FN3. The van der Waals surface area contributed by atoms with Crippen molar-refractivity contribution in [3.8, 4) is 0 Å². The molecule has 1 fully saturated rings. The molecule has 1 aliphatic heterocycles. The molecule has 20 heavy (non-hydrogen) atoms. The minimum atomic E-state index is -0.326.